The third-order valence-corrected chi connectivity index (χ3v) is 3.87. The zero-order valence-corrected chi connectivity index (χ0v) is 11.8. The molecule has 0 bridgehead atoms. The van der Waals surface area contributed by atoms with Crippen LogP contribution in [-0.2, 0) is 5.41 Å². The minimum absolute atomic E-state index is 0.0237. The summed E-state index contributed by atoms with van der Waals surface area (Å²) in [6.07, 6.45) is 1.01. The van der Waals surface area contributed by atoms with Crippen molar-refractivity contribution in [2.75, 3.05) is 0 Å². The highest BCUT2D eigenvalue weighted by Gasteiger charge is 2.23. The summed E-state index contributed by atoms with van der Waals surface area (Å²) in [7, 11) is 0. The predicted molar refractivity (Wildman–Crippen MR) is 79.9 cm³/mol. The van der Waals surface area contributed by atoms with Crippen molar-refractivity contribution in [3.63, 3.8) is 0 Å². The lowest BCUT2D eigenvalue weighted by Crippen LogP contribution is -2.17. The minimum atomic E-state index is 0.0237. The van der Waals surface area contributed by atoms with Crippen LogP contribution in [0.2, 0.25) is 0 Å². The van der Waals surface area contributed by atoms with Crippen molar-refractivity contribution in [3.05, 3.63) is 59.7 Å². The summed E-state index contributed by atoms with van der Waals surface area (Å²) in [5.74, 6) is 0. The molecule has 1 nitrogen and oxygen atoms in total. The molecule has 0 saturated carbocycles. The lowest BCUT2D eigenvalue weighted by atomic mass is 9.78. The van der Waals surface area contributed by atoms with Gasteiger partial charge in [-0.25, -0.2) is 0 Å². The van der Waals surface area contributed by atoms with Gasteiger partial charge in [0.25, 0.3) is 0 Å². The first-order chi connectivity index (χ1) is 9.10. The number of nitriles is 1. The molecule has 2 aromatic rings. The van der Waals surface area contributed by atoms with Crippen LogP contribution in [0.5, 0.6) is 0 Å². The maximum atomic E-state index is 9.57. The van der Waals surface area contributed by atoms with Gasteiger partial charge in [0.1, 0.15) is 6.07 Å². The van der Waals surface area contributed by atoms with E-state index in [9.17, 15) is 5.26 Å². The highest BCUT2D eigenvalue weighted by Crippen LogP contribution is 2.34. The second kappa shape index (κ2) is 5.28. The molecule has 0 atom stereocenters. The summed E-state index contributed by atoms with van der Waals surface area (Å²) in [6.45, 7) is 6.55. The molecule has 0 heterocycles. The number of nitrogens with zero attached hydrogens (tertiary/aromatic N) is 1. The summed E-state index contributed by atoms with van der Waals surface area (Å²) in [5, 5.41) is 9.57. The fraction of sp³-hybridized carbons (Fsp3) is 0.278. The van der Waals surface area contributed by atoms with Crippen molar-refractivity contribution in [3.8, 4) is 17.2 Å². The molecule has 96 valence electrons. The van der Waals surface area contributed by atoms with E-state index in [1.165, 1.54) is 0 Å². The van der Waals surface area contributed by atoms with Gasteiger partial charge in [0, 0.05) is 0 Å². The van der Waals surface area contributed by atoms with Crippen molar-refractivity contribution in [2.24, 2.45) is 0 Å². The number of hydrogen-bond acceptors (Lipinski definition) is 1. The third kappa shape index (κ3) is 2.53. The van der Waals surface area contributed by atoms with Gasteiger partial charge < -0.3 is 0 Å². The number of hydrogen-bond donors (Lipinski definition) is 0. The maximum absolute atomic E-state index is 9.57. The number of rotatable bonds is 3. The summed E-state index contributed by atoms with van der Waals surface area (Å²) in [6, 6.07) is 18.7. The summed E-state index contributed by atoms with van der Waals surface area (Å²) in [4.78, 5) is 0. The normalized spacial score (nSPS) is 11.1. The van der Waals surface area contributed by atoms with Gasteiger partial charge in [-0.05, 0) is 28.5 Å². The fourth-order valence-electron chi connectivity index (χ4n) is 2.29. The smallest absolute Gasteiger partial charge is 0.100 e. The van der Waals surface area contributed by atoms with Crippen LogP contribution in [0.1, 0.15) is 38.3 Å². The van der Waals surface area contributed by atoms with Gasteiger partial charge in [-0.1, -0.05) is 69.3 Å². The molecule has 0 aliphatic rings. The topological polar surface area (TPSA) is 23.8 Å². The highest BCUT2D eigenvalue weighted by molar-refractivity contribution is 5.72. The molecule has 0 fully saturated rings. The maximum Gasteiger partial charge on any atom is 0.100 e. The minimum Gasteiger partial charge on any atom is -0.192 e. The Morgan fingerprint density at radius 2 is 1.68 bits per heavy atom. The summed E-state index contributed by atoms with van der Waals surface area (Å²) in [5.41, 5.74) is 4.10. The fourth-order valence-corrected chi connectivity index (χ4v) is 2.29. The number of benzene rings is 2. The first kappa shape index (κ1) is 13.4. The van der Waals surface area contributed by atoms with Gasteiger partial charge in [0.15, 0.2) is 0 Å². The van der Waals surface area contributed by atoms with E-state index in [1.54, 1.807) is 0 Å². The molecule has 0 amide bonds. The molecular weight excluding hydrogens is 230 g/mol. The second-order valence-electron chi connectivity index (χ2n) is 5.44. The van der Waals surface area contributed by atoms with Crippen LogP contribution in [0.15, 0.2) is 48.5 Å². The van der Waals surface area contributed by atoms with Crippen LogP contribution in [0, 0.1) is 11.3 Å². The Labute approximate surface area is 115 Å². The largest absolute Gasteiger partial charge is 0.192 e. The van der Waals surface area contributed by atoms with E-state index < -0.39 is 0 Å². The molecule has 0 N–H and O–H groups in total. The van der Waals surface area contributed by atoms with E-state index >= 15 is 0 Å². The van der Waals surface area contributed by atoms with Crippen LogP contribution in [-0.4, -0.2) is 0 Å². The van der Waals surface area contributed by atoms with E-state index in [0.717, 1.165) is 28.7 Å². The molecule has 0 radical (unpaired) electrons. The zero-order valence-electron chi connectivity index (χ0n) is 11.8. The van der Waals surface area contributed by atoms with Gasteiger partial charge in [-0.2, -0.15) is 5.26 Å². The van der Waals surface area contributed by atoms with Gasteiger partial charge in [0.05, 0.1) is 5.56 Å². The Morgan fingerprint density at radius 1 is 1.00 bits per heavy atom. The van der Waals surface area contributed by atoms with E-state index in [4.69, 9.17) is 0 Å². The van der Waals surface area contributed by atoms with Crippen LogP contribution in [0.25, 0.3) is 11.1 Å². The summed E-state index contributed by atoms with van der Waals surface area (Å²) < 4.78 is 0. The molecule has 0 spiro atoms. The van der Waals surface area contributed by atoms with Gasteiger partial charge in [-0.3, -0.25) is 0 Å². The van der Waals surface area contributed by atoms with Crippen LogP contribution in [0.3, 0.4) is 0 Å². The van der Waals surface area contributed by atoms with Crippen molar-refractivity contribution in [2.45, 2.75) is 32.6 Å². The van der Waals surface area contributed by atoms with Gasteiger partial charge >= 0.3 is 0 Å². The quantitative estimate of drug-likeness (QED) is 0.758. The first-order valence-corrected chi connectivity index (χ1v) is 6.69. The van der Waals surface area contributed by atoms with Crippen molar-refractivity contribution < 1.29 is 0 Å². The van der Waals surface area contributed by atoms with E-state index in [2.05, 4.69) is 51.1 Å². The third-order valence-electron chi connectivity index (χ3n) is 3.87. The molecule has 2 rings (SSSR count). The van der Waals surface area contributed by atoms with E-state index in [-0.39, 0.29) is 5.41 Å². The molecule has 0 aliphatic carbocycles. The molecule has 0 unspecified atom stereocenters. The van der Waals surface area contributed by atoms with Gasteiger partial charge in [0.2, 0.25) is 0 Å². The molecule has 0 aliphatic heterocycles. The Kier molecular flexibility index (Phi) is 3.71. The van der Waals surface area contributed by atoms with Crippen molar-refractivity contribution >= 4 is 0 Å². The predicted octanol–water partition coefficient (Wildman–Crippen LogP) is 4.91. The zero-order chi connectivity index (χ0) is 13.9. The van der Waals surface area contributed by atoms with E-state index in [1.807, 2.05) is 24.3 Å². The standard InChI is InChI=1S/C18H19N/c1-4-18(2,3)17-12-8-11-15(16(17)13-19)14-9-6-5-7-10-14/h5-12H,4H2,1-3H3. The molecule has 2 aromatic carbocycles. The van der Waals surface area contributed by atoms with E-state index in [0.29, 0.717) is 0 Å². The van der Waals surface area contributed by atoms with Gasteiger partial charge in [-0.15, -0.1) is 0 Å². The second-order valence-corrected chi connectivity index (χ2v) is 5.44. The van der Waals surface area contributed by atoms with Crippen LogP contribution in [0.4, 0.5) is 0 Å². The molecule has 0 aromatic heterocycles. The SMILES string of the molecule is CCC(C)(C)c1cccc(-c2ccccc2)c1C#N. The van der Waals surface area contributed by atoms with Crippen LogP contribution < -0.4 is 0 Å². The monoisotopic (exact) mass is 249 g/mol. The Hall–Kier alpha value is -2.07. The molecule has 19 heavy (non-hydrogen) atoms. The van der Waals surface area contributed by atoms with Crippen LogP contribution >= 0.6 is 0 Å². The van der Waals surface area contributed by atoms with Crippen molar-refractivity contribution in [1.29, 1.82) is 5.26 Å². The van der Waals surface area contributed by atoms with Crippen molar-refractivity contribution in [1.82, 2.24) is 0 Å². The first-order valence-electron chi connectivity index (χ1n) is 6.69. The average Bonchev–Trinajstić information content (AvgIpc) is 2.47. The Morgan fingerprint density at radius 3 is 2.26 bits per heavy atom. The molecular formula is C18H19N. The lowest BCUT2D eigenvalue weighted by Gasteiger charge is -2.25. The Bertz CT molecular complexity index is 603. The summed E-state index contributed by atoms with van der Waals surface area (Å²) >= 11 is 0. The molecule has 1 heteroatoms. The average molecular weight is 249 g/mol. The molecule has 0 saturated heterocycles. The lowest BCUT2D eigenvalue weighted by molar-refractivity contribution is 0.505. The Balaban J connectivity index is 2.66. The highest BCUT2D eigenvalue weighted by atomic mass is 14.3.